The highest BCUT2D eigenvalue weighted by molar-refractivity contribution is 6.60. The van der Waals surface area contributed by atoms with Gasteiger partial charge in [0.25, 0.3) is 0 Å². The number of hydrogen-bond acceptors (Lipinski definition) is 2. The lowest BCUT2D eigenvalue weighted by molar-refractivity contribution is 0.425. The third kappa shape index (κ3) is 1.71. The SMILES string of the molecule is [B]Cc1cccc(C)c1B(O)O. The first kappa shape index (κ1) is 9.36. The molecule has 0 aliphatic heterocycles. The second kappa shape index (κ2) is 3.78. The van der Waals surface area contributed by atoms with Crippen LogP contribution in [0.1, 0.15) is 11.1 Å². The van der Waals surface area contributed by atoms with Crippen LogP contribution < -0.4 is 5.46 Å². The number of hydrogen-bond donors (Lipinski definition) is 2. The molecule has 4 heteroatoms. The molecule has 1 aromatic rings. The molecule has 0 fully saturated rings. The van der Waals surface area contributed by atoms with Crippen LogP contribution in [0.4, 0.5) is 0 Å². The van der Waals surface area contributed by atoms with E-state index < -0.39 is 7.12 Å². The van der Waals surface area contributed by atoms with Gasteiger partial charge in [-0.3, -0.25) is 0 Å². The summed E-state index contributed by atoms with van der Waals surface area (Å²) in [5.41, 5.74) is 2.16. The quantitative estimate of drug-likeness (QED) is 0.563. The Bertz CT molecular complexity index is 274. The highest BCUT2D eigenvalue weighted by atomic mass is 16.4. The van der Waals surface area contributed by atoms with Crippen LogP contribution >= 0.6 is 0 Å². The molecule has 0 atom stereocenters. The average Bonchev–Trinajstić information content (AvgIpc) is 2.03. The Hall–Kier alpha value is -0.730. The summed E-state index contributed by atoms with van der Waals surface area (Å²) in [5, 5.41) is 18.0. The van der Waals surface area contributed by atoms with Gasteiger partial charge >= 0.3 is 7.12 Å². The van der Waals surface area contributed by atoms with Crippen molar-refractivity contribution in [2.75, 3.05) is 0 Å². The lowest BCUT2D eigenvalue weighted by atomic mass is 9.72. The maximum atomic E-state index is 9.02. The van der Waals surface area contributed by atoms with E-state index in [1.807, 2.05) is 19.1 Å². The minimum absolute atomic E-state index is 0.328. The van der Waals surface area contributed by atoms with E-state index in [2.05, 4.69) is 0 Å². The summed E-state index contributed by atoms with van der Waals surface area (Å²) in [4.78, 5) is 0. The first-order valence-electron chi connectivity index (χ1n) is 3.81. The highest BCUT2D eigenvalue weighted by Crippen LogP contribution is 2.01. The Kier molecular flexibility index (Phi) is 2.95. The zero-order valence-corrected chi connectivity index (χ0v) is 6.99. The van der Waals surface area contributed by atoms with E-state index in [9.17, 15) is 0 Å². The molecular weight excluding hydrogens is 150 g/mol. The molecule has 0 saturated heterocycles. The minimum atomic E-state index is -1.43. The fourth-order valence-corrected chi connectivity index (χ4v) is 1.29. The molecule has 2 radical (unpaired) electrons. The molecule has 12 heavy (non-hydrogen) atoms. The van der Waals surface area contributed by atoms with E-state index in [0.717, 1.165) is 11.1 Å². The van der Waals surface area contributed by atoms with Crippen molar-refractivity contribution >= 4 is 20.4 Å². The summed E-state index contributed by atoms with van der Waals surface area (Å²) in [6.07, 6.45) is 0.328. The fourth-order valence-electron chi connectivity index (χ4n) is 1.29. The predicted molar refractivity (Wildman–Crippen MR) is 50.5 cm³/mol. The third-order valence-electron chi connectivity index (χ3n) is 1.89. The number of aryl methyl sites for hydroxylation is 1. The first-order chi connectivity index (χ1) is 5.66. The fraction of sp³-hybridized carbons (Fsp3) is 0.250. The van der Waals surface area contributed by atoms with Gasteiger partial charge in [-0.15, -0.1) is 0 Å². The first-order valence-corrected chi connectivity index (χ1v) is 3.81. The summed E-state index contributed by atoms with van der Waals surface area (Å²) >= 11 is 0. The van der Waals surface area contributed by atoms with E-state index in [1.165, 1.54) is 0 Å². The molecule has 0 unspecified atom stereocenters. The van der Waals surface area contributed by atoms with Gasteiger partial charge in [0.05, 0.1) is 7.85 Å². The van der Waals surface area contributed by atoms with Crippen molar-refractivity contribution in [1.82, 2.24) is 0 Å². The van der Waals surface area contributed by atoms with Crippen LogP contribution in [0.5, 0.6) is 0 Å². The maximum Gasteiger partial charge on any atom is 0.488 e. The predicted octanol–water partition coefficient (Wildman–Crippen LogP) is -0.657. The van der Waals surface area contributed by atoms with Gasteiger partial charge in [0.2, 0.25) is 0 Å². The van der Waals surface area contributed by atoms with Crippen LogP contribution in [0.2, 0.25) is 0 Å². The molecule has 0 saturated carbocycles. The molecule has 0 amide bonds. The van der Waals surface area contributed by atoms with Crippen molar-refractivity contribution < 1.29 is 10.0 Å². The second-order valence-corrected chi connectivity index (χ2v) is 2.73. The zero-order chi connectivity index (χ0) is 9.14. The Balaban J connectivity index is 3.20. The van der Waals surface area contributed by atoms with E-state index in [1.54, 1.807) is 6.07 Å². The van der Waals surface area contributed by atoms with E-state index >= 15 is 0 Å². The summed E-state index contributed by atoms with van der Waals surface area (Å²) in [5.74, 6) is 0. The van der Waals surface area contributed by atoms with Gasteiger partial charge in [-0.25, -0.2) is 0 Å². The van der Waals surface area contributed by atoms with Gasteiger partial charge in [0.15, 0.2) is 0 Å². The number of benzene rings is 1. The van der Waals surface area contributed by atoms with Crippen molar-refractivity contribution in [3.8, 4) is 0 Å². The summed E-state index contributed by atoms with van der Waals surface area (Å²) < 4.78 is 0. The van der Waals surface area contributed by atoms with Crippen molar-refractivity contribution in [3.05, 3.63) is 29.3 Å². The van der Waals surface area contributed by atoms with Gasteiger partial charge in [0, 0.05) is 0 Å². The second-order valence-electron chi connectivity index (χ2n) is 2.73. The molecule has 60 valence electrons. The third-order valence-corrected chi connectivity index (χ3v) is 1.89. The van der Waals surface area contributed by atoms with E-state index in [4.69, 9.17) is 17.9 Å². The smallest absolute Gasteiger partial charge is 0.423 e. The molecule has 0 spiro atoms. The topological polar surface area (TPSA) is 40.5 Å². The van der Waals surface area contributed by atoms with Crippen LogP contribution in [0.15, 0.2) is 18.2 Å². The van der Waals surface area contributed by atoms with Crippen LogP contribution in [0, 0.1) is 6.92 Å². The Morgan fingerprint density at radius 3 is 2.50 bits per heavy atom. The number of rotatable bonds is 2. The largest absolute Gasteiger partial charge is 0.488 e. The van der Waals surface area contributed by atoms with E-state index in [-0.39, 0.29) is 0 Å². The van der Waals surface area contributed by atoms with Crippen LogP contribution in [0.25, 0.3) is 0 Å². The van der Waals surface area contributed by atoms with Gasteiger partial charge < -0.3 is 10.0 Å². The summed E-state index contributed by atoms with van der Waals surface area (Å²) in [7, 11) is 4.01. The normalized spacial score (nSPS) is 9.92. The lowest BCUT2D eigenvalue weighted by Crippen LogP contribution is -2.35. The molecule has 2 N–H and O–H groups in total. The standard InChI is InChI=1S/C8H10B2O2/c1-6-3-2-4-7(5-9)8(6)10(11)12/h2-4,11-12H,5H2,1H3. The molecule has 1 aromatic carbocycles. The van der Waals surface area contributed by atoms with Crippen molar-refractivity contribution in [2.45, 2.75) is 13.2 Å². The average molecular weight is 160 g/mol. The highest BCUT2D eigenvalue weighted by Gasteiger charge is 2.16. The maximum absolute atomic E-state index is 9.02. The van der Waals surface area contributed by atoms with Gasteiger partial charge in [-0.1, -0.05) is 35.6 Å². The van der Waals surface area contributed by atoms with Crippen LogP contribution in [-0.4, -0.2) is 25.0 Å². The van der Waals surface area contributed by atoms with Crippen LogP contribution in [-0.2, 0) is 6.32 Å². The van der Waals surface area contributed by atoms with Gasteiger partial charge in [0.1, 0.15) is 0 Å². The zero-order valence-electron chi connectivity index (χ0n) is 6.99. The Morgan fingerprint density at radius 1 is 1.42 bits per heavy atom. The molecule has 0 aromatic heterocycles. The molecule has 2 nitrogen and oxygen atoms in total. The van der Waals surface area contributed by atoms with Gasteiger partial charge in [-0.05, 0) is 12.4 Å². The summed E-state index contributed by atoms with van der Waals surface area (Å²) in [6, 6.07) is 5.47. The molecule has 0 aliphatic rings. The van der Waals surface area contributed by atoms with Crippen molar-refractivity contribution in [3.63, 3.8) is 0 Å². The lowest BCUT2D eigenvalue weighted by Gasteiger charge is -2.09. The Labute approximate surface area is 73.8 Å². The Morgan fingerprint density at radius 2 is 2.08 bits per heavy atom. The molecule has 0 aliphatic carbocycles. The summed E-state index contributed by atoms with van der Waals surface area (Å²) in [6.45, 7) is 1.83. The van der Waals surface area contributed by atoms with Gasteiger partial charge in [-0.2, -0.15) is 0 Å². The van der Waals surface area contributed by atoms with E-state index in [0.29, 0.717) is 11.8 Å². The van der Waals surface area contributed by atoms with Crippen molar-refractivity contribution in [1.29, 1.82) is 0 Å². The molecule has 0 bridgehead atoms. The monoisotopic (exact) mass is 160 g/mol. The minimum Gasteiger partial charge on any atom is -0.423 e. The molecule has 1 rings (SSSR count). The molecular formula is C8H10B2O2. The van der Waals surface area contributed by atoms with Crippen molar-refractivity contribution in [2.24, 2.45) is 0 Å². The molecule has 0 heterocycles. The van der Waals surface area contributed by atoms with Crippen LogP contribution in [0.3, 0.4) is 0 Å².